The van der Waals surface area contributed by atoms with Crippen molar-refractivity contribution in [3.05, 3.63) is 64.2 Å². The standard InChI is InChI=1S/C28H32F3NO4S/c1-7-9-23(24-18(4)32-25(37-24)19-10-12-20(13-11-19)28(29,30)31)35-21-14-15-22(17(3)16-21)36-27(5,6)26(33)34-8-2/h10-16,23H,7-9H2,1-6H3. The summed E-state index contributed by atoms with van der Waals surface area (Å²) in [6.07, 6.45) is -3.04. The Bertz CT molecular complexity index is 1220. The van der Waals surface area contributed by atoms with E-state index in [1.54, 1.807) is 32.9 Å². The van der Waals surface area contributed by atoms with Crippen molar-refractivity contribution >= 4 is 17.3 Å². The third-order valence-corrected chi connectivity index (χ3v) is 6.99. The summed E-state index contributed by atoms with van der Waals surface area (Å²) < 4.78 is 56.2. The lowest BCUT2D eigenvalue weighted by Crippen LogP contribution is -2.39. The van der Waals surface area contributed by atoms with Crippen LogP contribution in [-0.2, 0) is 15.7 Å². The number of nitrogens with zero attached hydrogens (tertiary/aromatic N) is 1. The van der Waals surface area contributed by atoms with Crippen LogP contribution >= 0.6 is 11.3 Å². The number of alkyl halides is 3. The molecule has 0 radical (unpaired) electrons. The highest BCUT2D eigenvalue weighted by Crippen LogP contribution is 2.38. The third kappa shape index (κ3) is 7.03. The Morgan fingerprint density at radius 2 is 1.73 bits per heavy atom. The molecule has 0 saturated carbocycles. The van der Waals surface area contributed by atoms with E-state index in [9.17, 15) is 18.0 Å². The van der Waals surface area contributed by atoms with E-state index in [0.29, 0.717) is 22.1 Å². The fraction of sp³-hybridized carbons (Fsp3) is 0.429. The number of rotatable bonds is 10. The highest BCUT2D eigenvalue weighted by atomic mass is 32.1. The molecule has 0 saturated heterocycles. The molecule has 9 heteroatoms. The summed E-state index contributed by atoms with van der Waals surface area (Å²) in [6, 6.07) is 10.4. The van der Waals surface area contributed by atoms with Gasteiger partial charge in [0.15, 0.2) is 5.60 Å². The van der Waals surface area contributed by atoms with Crippen LogP contribution in [0.2, 0.25) is 0 Å². The minimum Gasteiger partial charge on any atom is -0.485 e. The number of esters is 1. The smallest absolute Gasteiger partial charge is 0.416 e. The lowest BCUT2D eigenvalue weighted by atomic mass is 10.1. The number of carbonyl (C=O) groups is 1. The zero-order chi connectivity index (χ0) is 27.4. The van der Waals surface area contributed by atoms with Crippen molar-refractivity contribution in [1.82, 2.24) is 4.98 Å². The number of thiazole rings is 1. The van der Waals surface area contributed by atoms with Crippen LogP contribution in [0.25, 0.3) is 10.6 Å². The average Bonchev–Trinajstić information content (AvgIpc) is 3.21. The zero-order valence-electron chi connectivity index (χ0n) is 21.9. The monoisotopic (exact) mass is 535 g/mol. The number of hydrogen-bond acceptors (Lipinski definition) is 6. The van der Waals surface area contributed by atoms with Gasteiger partial charge in [-0.1, -0.05) is 25.5 Å². The van der Waals surface area contributed by atoms with Gasteiger partial charge in [0.25, 0.3) is 0 Å². The zero-order valence-corrected chi connectivity index (χ0v) is 22.7. The van der Waals surface area contributed by atoms with Gasteiger partial charge in [-0.15, -0.1) is 11.3 Å². The second kappa shape index (κ2) is 11.5. The fourth-order valence-electron chi connectivity index (χ4n) is 3.73. The first-order valence-electron chi connectivity index (χ1n) is 12.1. The van der Waals surface area contributed by atoms with E-state index < -0.39 is 23.3 Å². The predicted octanol–water partition coefficient (Wildman–Crippen LogP) is 8.09. The van der Waals surface area contributed by atoms with E-state index >= 15 is 0 Å². The van der Waals surface area contributed by atoms with Gasteiger partial charge in [-0.2, -0.15) is 13.2 Å². The van der Waals surface area contributed by atoms with Crippen LogP contribution in [0.15, 0.2) is 42.5 Å². The number of aryl methyl sites for hydroxylation is 2. The van der Waals surface area contributed by atoms with E-state index in [-0.39, 0.29) is 12.7 Å². The van der Waals surface area contributed by atoms with E-state index in [2.05, 4.69) is 11.9 Å². The van der Waals surface area contributed by atoms with Gasteiger partial charge in [0.2, 0.25) is 0 Å². The maximum absolute atomic E-state index is 12.9. The molecule has 1 unspecified atom stereocenters. The molecule has 37 heavy (non-hydrogen) atoms. The molecule has 0 aliphatic rings. The molecule has 2 aromatic carbocycles. The number of carbonyl (C=O) groups excluding carboxylic acids is 1. The van der Waals surface area contributed by atoms with Crippen molar-refractivity contribution in [2.24, 2.45) is 0 Å². The van der Waals surface area contributed by atoms with Crippen LogP contribution in [0.1, 0.15) is 68.3 Å². The molecule has 1 aromatic heterocycles. The van der Waals surface area contributed by atoms with Crippen LogP contribution < -0.4 is 9.47 Å². The Morgan fingerprint density at radius 3 is 2.30 bits per heavy atom. The molecule has 0 fully saturated rings. The summed E-state index contributed by atoms with van der Waals surface area (Å²) in [5.74, 6) is 0.749. The molecular formula is C28H32F3NO4S. The maximum atomic E-state index is 12.9. The first kappa shape index (κ1) is 28.5. The largest absolute Gasteiger partial charge is 0.485 e. The number of halogens is 3. The molecule has 1 atom stereocenters. The topological polar surface area (TPSA) is 57.7 Å². The van der Waals surface area contributed by atoms with Crippen molar-refractivity contribution in [2.75, 3.05) is 6.61 Å². The van der Waals surface area contributed by atoms with Gasteiger partial charge >= 0.3 is 12.1 Å². The van der Waals surface area contributed by atoms with E-state index in [4.69, 9.17) is 14.2 Å². The van der Waals surface area contributed by atoms with Gasteiger partial charge < -0.3 is 14.2 Å². The van der Waals surface area contributed by atoms with Gasteiger partial charge in [-0.25, -0.2) is 9.78 Å². The molecule has 0 spiro atoms. The second-order valence-electron chi connectivity index (χ2n) is 9.20. The number of ether oxygens (including phenoxy) is 3. The van der Waals surface area contributed by atoms with Gasteiger partial charge in [0, 0.05) is 5.56 Å². The molecule has 3 aromatic rings. The van der Waals surface area contributed by atoms with Crippen molar-refractivity contribution in [2.45, 2.75) is 72.3 Å². The molecule has 200 valence electrons. The third-order valence-electron chi connectivity index (χ3n) is 5.69. The Morgan fingerprint density at radius 1 is 1.05 bits per heavy atom. The minimum atomic E-state index is -4.38. The second-order valence-corrected chi connectivity index (χ2v) is 10.2. The highest BCUT2D eigenvalue weighted by Gasteiger charge is 2.32. The lowest BCUT2D eigenvalue weighted by Gasteiger charge is -2.25. The summed E-state index contributed by atoms with van der Waals surface area (Å²) in [5.41, 5.74) is 0.389. The molecule has 0 bridgehead atoms. The SMILES string of the molecule is CCCC(Oc1ccc(OC(C)(C)C(=O)OCC)c(C)c1)c1sc(-c2ccc(C(F)(F)F)cc2)nc1C. The molecular weight excluding hydrogens is 503 g/mol. The van der Waals surface area contributed by atoms with Gasteiger partial charge in [-0.3, -0.25) is 0 Å². The molecule has 0 N–H and O–H groups in total. The summed E-state index contributed by atoms with van der Waals surface area (Å²) in [7, 11) is 0. The van der Waals surface area contributed by atoms with Crippen molar-refractivity contribution in [1.29, 1.82) is 0 Å². The van der Waals surface area contributed by atoms with Crippen LogP contribution in [0.5, 0.6) is 11.5 Å². The van der Waals surface area contributed by atoms with Crippen LogP contribution in [0.3, 0.4) is 0 Å². The molecule has 5 nitrogen and oxygen atoms in total. The Kier molecular flexibility index (Phi) is 8.89. The molecule has 1 heterocycles. The minimum absolute atomic E-state index is 0.271. The number of hydrogen-bond donors (Lipinski definition) is 0. The van der Waals surface area contributed by atoms with Crippen LogP contribution in [-0.4, -0.2) is 23.2 Å². The Hall–Kier alpha value is -3.07. The lowest BCUT2D eigenvalue weighted by molar-refractivity contribution is -0.158. The number of benzene rings is 2. The van der Waals surface area contributed by atoms with Crippen molar-refractivity contribution in [3.8, 4) is 22.1 Å². The fourth-order valence-corrected chi connectivity index (χ4v) is 4.87. The van der Waals surface area contributed by atoms with Gasteiger partial charge in [0.1, 0.15) is 22.6 Å². The van der Waals surface area contributed by atoms with Crippen LogP contribution in [0, 0.1) is 13.8 Å². The van der Waals surface area contributed by atoms with E-state index in [1.807, 2.05) is 19.9 Å². The van der Waals surface area contributed by atoms with Crippen LogP contribution in [0.4, 0.5) is 13.2 Å². The molecule has 0 aliphatic carbocycles. The Balaban J connectivity index is 1.81. The summed E-state index contributed by atoms with van der Waals surface area (Å²) >= 11 is 1.42. The van der Waals surface area contributed by atoms with Crippen molar-refractivity contribution < 1.29 is 32.2 Å². The maximum Gasteiger partial charge on any atom is 0.416 e. The summed E-state index contributed by atoms with van der Waals surface area (Å²) in [5, 5.41) is 0.645. The number of aromatic nitrogens is 1. The first-order valence-corrected chi connectivity index (χ1v) is 13.0. The molecule has 0 aliphatic heterocycles. The van der Waals surface area contributed by atoms with Gasteiger partial charge in [0.05, 0.1) is 22.7 Å². The summed E-state index contributed by atoms with van der Waals surface area (Å²) in [4.78, 5) is 17.7. The first-order chi connectivity index (χ1) is 17.4. The highest BCUT2D eigenvalue weighted by molar-refractivity contribution is 7.15. The van der Waals surface area contributed by atoms with E-state index in [0.717, 1.165) is 41.1 Å². The molecule has 0 amide bonds. The van der Waals surface area contributed by atoms with Gasteiger partial charge in [-0.05, 0) is 76.9 Å². The predicted molar refractivity (Wildman–Crippen MR) is 138 cm³/mol. The Labute approximate surface area is 219 Å². The molecule has 3 rings (SSSR count). The quantitative estimate of drug-likeness (QED) is 0.246. The average molecular weight is 536 g/mol. The summed E-state index contributed by atoms with van der Waals surface area (Å²) in [6.45, 7) is 11.1. The normalized spacial score (nSPS) is 12.8. The van der Waals surface area contributed by atoms with E-state index in [1.165, 1.54) is 23.5 Å². The van der Waals surface area contributed by atoms with Crippen molar-refractivity contribution in [3.63, 3.8) is 0 Å².